The van der Waals surface area contributed by atoms with Crippen LogP contribution in [0.1, 0.15) is 30.9 Å². The Kier molecular flexibility index (Phi) is 4.85. The number of ether oxygens (including phenoxy) is 2. The SMILES string of the molecule is CC1CC(O)(c2cccc(OCc3ccc4ccc(F)cc4c3)c2)CCO1. The molecule has 3 aromatic rings. The summed E-state index contributed by atoms with van der Waals surface area (Å²) in [4.78, 5) is 0. The van der Waals surface area contributed by atoms with E-state index < -0.39 is 5.60 Å². The maximum Gasteiger partial charge on any atom is 0.123 e. The van der Waals surface area contributed by atoms with Crippen LogP contribution < -0.4 is 4.74 Å². The van der Waals surface area contributed by atoms with E-state index in [4.69, 9.17) is 9.47 Å². The Bertz CT molecular complexity index is 955. The number of rotatable bonds is 4. The van der Waals surface area contributed by atoms with Crippen LogP contribution in [0, 0.1) is 5.82 Å². The van der Waals surface area contributed by atoms with Crippen LogP contribution in [0.3, 0.4) is 0 Å². The molecule has 0 radical (unpaired) electrons. The summed E-state index contributed by atoms with van der Waals surface area (Å²) >= 11 is 0. The van der Waals surface area contributed by atoms with Gasteiger partial charge in [0.1, 0.15) is 18.2 Å². The minimum Gasteiger partial charge on any atom is -0.489 e. The number of halogens is 1. The zero-order valence-corrected chi connectivity index (χ0v) is 15.3. The van der Waals surface area contributed by atoms with Gasteiger partial charge in [0, 0.05) is 12.8 Å². The molecule has 1 fully saturated rings. The van der Waals surface area contributed by atoms with Crippen LogP contribution in [-0.2, 0) is 16.9 Å². The fraction of sp³-hybridized carbons (Fsp3) is 0.304. The van der Waals surface area contributed by atoms with Crippen LogP contribution in [0.2, 0.25) is 0 Å². The molecule has 4 rings (SSSR count). The van der Waals surface area contributed by atoms with Gasteiger partial charge in [0.15, 0.2) is 0 Å². The minimum absolute atomic E-state index is 0.0336. The monoisotopic (exact) mass is 366 g/mol. The van der Waals surface area contributed by atoms with E-state index in [1.165, 1.54) is 12.1 Å². The van der Waals surface area contributed by atoms with Crippen LogP contribution in [0.15, 0.2) is 60.7 Å². The van der Waals surface area contributed by atoms with Gasteiger partial charge in [-0.15, -0.1) is 0 Å². The van der Waals surface area contributed by atoms with E-state index in [1.54, 1.807) is 6.07 Å². The van der Waals surface area contributed by atoms with Crippen LogP contribution in [0.25, 0.3) is 10.8 Å². The second-order valence-corrected chi connectivity index (χ2v) is 7.31. The van der Waals surface area contributed by atoms with E-state index in [0.29, 0.717) is 31.8 Å². The molecule has 1 aliphatic heterocycles. The van der Waals surface area contributed by atoms with Crippen molar-refractivity contribution < 1.29 is 19.0 Å². The lowest BCUT2D eigenvalue weighted by Crippen LogP contribution is -2.37. The van der Waals surface area contributed by atoms with Gasteiger partial charge in [-0.1, -0.05) is 30.3 Å². The van der Waals surface area contributed by atoms with Gasteiger partial charge >= 0.3 is 0 Å². The Hall–Kier alpha value is -2.43. The lowest BCUT2D eigenvalue weighted by Gasteiger charge is -2.36. The first-order valence-corrected chi connectivity index (χ1v) is 9.27. The van der Waals surface area contributed by atoms with Crippen molar-refractivity contribution in [2.45, 2.75) is 38.1 Å². The average molecular weight is 366 g/mol. The highest BCUT2D eigenvalue weighted by Crippen LogP contribution is 2.36. The molecule has 2 unspecified atom stereocenters. The van der Waals surface area contributed by atoms with Crippen LogP contribution in [-0.4, -0.2) is 17.8 Å². The molecule has 0 amide bonds. The highest BCUT2D eigenvalue weighted by Gasteiger charge is 2.35. The summed E-state index contributed by atoms with van der Waals surface area (Å²) in [6.45, 7) is 2.91. The molecule has 1 aliphatic rings. The van der Waals surface area contributed by atoms with Gasteiger partial charge in [-0.05, 0) is 59.2 Å². The van der Waals surface area contributed by atoms with E-state index in [0.717, 1.165) is 21.9 Å². The van der Waals surface area contributed by atoms with Gasteiger partial charge in [-0.25, -0.2) is 4.39 Å². The number of fused-ring (bicyclic) bond motifs is 1. The predicted octanol–water partition coefficient (Wildman–Crippen LogP) is 4.94. The largest absolute Gasteiger partial charge is 0.489 e. The molecular formula is C23H23FO3. The second-order valence-electron chi connectivity index (χ2n) is 7.31. The molecule has 3 nitrogen and oxygen atoms in total. The third-order valence-corrected chi connectivity index (χ3v) is 5.19. The molecule has 2 atom stereocenters. The van der Waals surface area contributed by atoms with E-state index >= 15 is 0 Å². The molecule has 140 valence electrons. The van der Waals surface area contributed by atoms with Crippen molar-refractivity contribution in [1.82, 2.24) is 0 Å². The van der Waals surface area contributed by atoms with Crippen molar-refractivity contribution in [3.63, 3.8) is 0 Å². The van der Waals surface area contributed by atoms with Gasteiger partial charge < -0.3 is 14.6 Å². The van der Waals surface area contributed by atoms with Gasteiger partial charge in [-0.2, -0.15) is 0 Å². The molecule has 0 spiro atoms. The van der Waals surface area contributed by atoms with Crippen molar-refractivity contribution in [3.05, 3.63) is 77.6 Å². The maximum absolute atomic E-state index is 13.4. The van der Waals surface area contributed by atoms with E-state index in [9.17, 15) is 9.50 Å². The number of benzene rings is 3. The topological polar surface area (TPSA) is 38.7 Å². The molecule has 0 aromatic heterocycles. The summed E-state index contributed by atoms with van der Waals surface area (Å²) in [6, 6.07) is 18.3. The van der Waals surface area contributed by atoms with Crippen LogP contribution in [0.4, 0.5) is 4.39 Å². The summed E-state index contributed by atoms with van der Waals surface area (Å²) in [6.07, 6.45) is 1.19. The quantitative estimate of drug-likeness (QED) is 0.710. The first-order chi connectivity index (χ1) is 13.0. The standard InChI is InChI=1S/C23H23FO3/c1-16-14-23(25,9-10-26-16)20-3-2-4-22(13-20)27-15-17-5-6-18-7-8-21(24)12-19(18)11-17/h2-8,11-13,16,25H,9-10,14-15H2,1H3. The maximum atomic E-state index is 13.4. The highest BCUT2D eigenvalue weighted by atomic mass is 19.1. The zero-order chi connectivity index (χ0) is 18.9. The first-order valence-electron chi connectivity index (χ1n) is 9.27. The molecular weight excluding hydrogens is 343 g/mol. The van der Waals surface area contributed by atoms with E-state index in [-0.39, 0.29) is 11.9 Å². The third kappa shape index (κ3) is 3.97. The highest BCUT2D eigenvalue weighted by molar-refractivity contribution is 5.83. The average Bonchev–Trinajstić information content (AvgIpc) is 2.66. The Morgan fingerprint density at radius 3 is 2.81 bits per heavy atom. The van der Waals surface area contributed by atoms with E-state index in [2.05, 4.69) is 0 Å². The van der Waals surface area contributed by atoms with Crippen LogP contribution >= 0.6 is 0 Å². The van der Waals surface area contributed by atoms with Gasteiger partial charge in [0.05, 0.1) is 18.3 Å². The zero-order valence-electron chi connectivity index (χ0n) is 15.3. The second kappa shape index (κ2) is 7.29. The van der Waals surface area contributed by atoms with Gasteiger partial charge in [0.2, 0.25) is 0 Å². The minimum atomic E-state index is -0.877. The Labute approximate surface area is 158 Å². The first kappa shape index (κ1) is 18.0. The molecule has 27 heavy (non-hydrogen) atoms. The lowest BCUT2D eigenvalue weighted by atomic mass is 9.84. The van der Waals surface area contributed by atoms with Crippen molar-refractivity contribution in [1.29, 1.82) is 0 Å². The molecule has 0 saturated carbocycles. The Morgan fingerprint density at radius 1 is 1.11 bits per heavy atom. The van der Waals surface area contributed by atoms with Crippen molar-refractivity contribution in [2.24, 2.45) is 0 Å². The summed E-state index contributed by atoms with van der Waals surface area (Å²) < 4.78 is 24.9. The third-order valence-electron chi connectivity index (χ3n) is 5.19. The molecule has 0 aliphatic carbocycles. The summed E-state index contributed by atoms with van der Waals surface area (Å²) in [5.74, 6) is 0.464. The molecule has 0 bridgehead atoms. The Balaban J connectivity index is 1.50. The fourth-order valence-electron chi connectivity index (χ4n) is 3.73. The van der Waals surface area contributed by atoms with Crippen molar-refractivity contribution >= 4 is 10.8 Å². The summed E-state index contributed by atoms with van der Waals surface area (Å²) in [7, 11) is 0. The molecule has 1 N–H and O–H groups in total. The predicted molar refractivity (Wildman–Crippen MR) is 103 cm³/mol. The summed E-state index contributed by atoms with van der Waals surface area (Å²) in [5, 5.41) is 12.9. The molecule has 1 saturated heterocycles. The summed E-state index contributed by atoms with van der Waals surface area (Å²) in [5.41, 5.74) is 0.949. The van der Waals surface area contributed by atoms with Gasteiger partial charge in [0.25, 0.3) is 0 Å². The molecule has 4 heteroatoms. The van der Waals surface area contributed by atoms with Crippen molar-refractivity contribution in [3.8, 4) is 5.75 Å². The van der Waals surface area contributed by atoms with Crippen molar-refractivity contribution in [2.75, 3.05) is 6.61 Å². The van der Waals surface area contributed by atoms with Gasteiger partial charge in [-0.3, -0.25) is 0 Å². The fourth-order valence-corrected chi connectivity index (χ4v) is 3.73. The lowest BCUT2D eigenvalue weighted by molar-refractivity contribution is -0.101. The number of hydrogen-bond donors (Lipinski definition) is 1. The normalized spacial score (nSPS) is 22.7. The smallest absolute Gasteiger partial charge is 0.123 e. The number of hydrogen-bond acceptors (Lipinski definition) is 3. The molecule has 1 heterocycles. The van der Waals surface area contributed by atoms with E-state index in [1.807, 2.05) is 49.4 Å². The molecule has 3 aromatic carbocycles. The Morgan fingerprint density at radius 2 is 1.96 bits per heavy atom. The number of aliphatic hydroxyl groups is 1. The van der Waals surface area contributed by atoms with Crippen LogP contribution in [0.5, 0.6) is 5.75 Å².